The standard InChI is InChI=1S/C25H46O2Si/c1-23(2,3)28(6,7)27-18-12-14-24(4)17(16-18)8-9-19-20-10-11-22(26)25(20,5)15-13-21(19)24/h17-22,26H,8-16H2,1-7H3/t17?,18-,19?,20?,21?,22-,24-,25-/m0/s1. The molecule has 4 rings (SSSR count). The van der Waals surface area contributed by atoms with Crippen LogP contribution in [-0.4, -0.2) is 25.6 Å². The van der Waals surface area contributed by atoms with Crippen molar-refractivity contribution in [3.63, 3.8) is 0 Å². The molecule has 1 N–H and O–H groups in total. The van der Waals surface area contributed by atoms with Gasteiger partial charge in [-0.25, -0.2) is 0 Å². The summed E-state index contributed by atoms with van der Waals surface area (Å²) in [5.74, 6) is 3.40. The molecule has 0 aliphatic heterocycles. The summed E-state index contributed by atoms with van der Waals surface area (Å²) in [6.45, 7) is 17.0. The van der Waals surface area contributed by atoms with Gasteiger partial charge in [0.1, 0.15) is 0 Å². The van der Waals surface area contributed by atoms with Crippen LogP contribution in [0.4, 0.5) is 0 Å². The normalized spacial score (nSPS) is 49.3. The molecule has 0 radical (unpaired) electrons. The predicted molar refractivity (Wildman–Crippen MR) is 120 cm³/mol. The molecule has 2 nitrogen and oxygen atoms in total. The fourth-order valence-corrected chi connectivity index (χ4v) is 9.29. The Kier molecular flexibility index (Phi) is 5.21. The smallest absolute Gasteiger partial charge is 0.192 e. The second-order valence-electron chi connectivity index (χ2n) is 13.1. The van der Waals surface area contributed by atoms with Crippen molar-refractivity contribution in [2.45, 2.75) is 123 Å². The van der Waals surface area contributed by atoms with E-state index in [0.29, 0.717) is 16.6 Å². The molecule has 8 atom stereocenters. The Labute approximate surface area is 175 Å². The summed E-state index contributed by atoms with van der Waals surface area (Å²) in [6, 6.07) is 0. The van der Waals surface area contributed by atoms with Gasteiger partial charge in [-0.2, -0.15) is 0 Å². The first-order chi connectivity index (χ1) is 12.9. The van der Waals surface area contributed by atoms with E-state index in [-0.39, 0.29) is 11.5 Å². The van der Waals surface area contributed by atoms with Crippen LogP contribution in [0.2, 0.25) is 18.1 Å². The Morgan fingerprint density at radius 2 is 1.50 bits per heavy atom. The first-order valence-corrected chi connectivity index (χ1v) is 15.2. The molecule has 0 amide bonds. The van der Waals surface area contributed by atoms with Gasteiger partial charge in [-0.05, 0) is 110 Å². The zero-order chi connectivity index (χ0) is 20.5. The lowest BCUT2D eigenvalue weighted by Crippen LogP contribution is -2.55. The van der Waals surface area contributed by atoms with Crippen molar-refractivity contribution in [3.05, 3.63) is 0 Å². The minimum absolute atomic E-state index is 0.0438. The number of hydrogen-bond acceptors (Lipinski definition) is 2. The molecule has 0 aromatic carbocycles. The molecule has 0 saturated heterocycles. The Bertz CT molecular complexity index is 596. The van der Waals surface area contributed by atoms with Crippen LogP contribution in [0.15, 0.2) is 0 Å². The third kappa shape index (κ3) is 3.17. The van der Waals surface area contributed by atoms with Gasteiger partial charge in [0, 0.05) is 6.10 Å². The van der Waals surface area contributed by atoms with E-state index in [2.05, 4.69) is 47.7 Å². The molecule has 162 valence electrons. The molecule has 4 unspecified atom stereocenters. The number of rotatable bonds is 2. The van der Waals surface area contributed by atoms with Crippen molar-refractivity contribution in [3.8, 4) is 0 Å². The highest BCUT2D eigenvalue weighted by Crippen LogP contribution is 2.66. The van der Waals surface area contributed by atoms with E-state index in [1.165, 1.54) is 51.4 Å². The van der Waals surface area contributed by atoms with Gasteiger partial charge < -0.3 is 9.53 Å². The fourth-order valence-electron chi connectivity index (χ4n) is 7.89. The largest absolute Gasteiger partial charge is 0.414 e. The number of aliphatic hydroxyl groups excluding tert-OH is 1. The topological polar surface area (TPSA) is 29.5 Å². The minimum atomic E-state index is -1.67. The summed E-state index contributed by atoms with van der Waals surface area (Å²) in [5.41, 5.74) is 0.734. The first kappa shape index (κ1) is 21.4. The molecule has 3 heteroatoms. The van der Waals surface area contributed by atoms with Gasteiger partial charge in [-0.15, -0.1) is 0 Å². The number of hydrogen-bond donors (Lipinski definition) is 1. The highest BCUT2D eigenvalue weighted by Gasteiger charge is 2.60. The van der Waals surface area contributed by atoms with Crippen LogP contribution in [0.3, 0.4) is 0 Å². The number of fused-ring (bicyclic) bond motifs is 5. The fraction of sp³-hybridized carbons (Fsp3) is 1.00. The highest BCUT2D eigenvalue weighted by atomic mass is 28.4. The van der Waals surface area contributed by atoms with E-state index in [0.717, 1.165) is 30.1 Å². The Morgan fingerprint density at radius 3 is 2.18 bits per heavy atom. The van der Waals surface area contributed by atoms with Crippen molar-refractivity contribution in [1.29, 1.82) is 0 Å². The molecule has 0 bridgehead atoms. The predicted octanol–water partition coefficient (Wildman–Crippen LogP) is 6.78. The summed E-state index contributed by atoms with van der Waals surface area (Å²) >= 11 is 0. The first-order valence-electron chi connectivity index (χ1n) is 12.2. The third-order valence-corrected chi connectivity index (χ3v) is 15.4. The van der Waals surface area contributed by atoms with Crippen LogP contribution >= 0.6 is 0 Å². The van der Waals surface area contributed by atoms with Crippen molar-refractivity contribution in [2.75, 3.05) is 0 Å². The summed E-state index contributed by atoms with van der Waals surface area (Å²) < 4.78 is 6.88. The molecule has 4 aliphatic rings. The minimum Gasteiger partial charge on any atom is -0.414 e. The monoisotopic (exact) mass is 406 g/mol. The average Bonchev–Trinajstić information content (AvgIpc) is 2.89. The van der Waals surface area contributed by atoms with Crippen LogP contribution in [0.25, 0.3) is 0 Å². The lowest BCUT2D eigenvalue weighted by molar-refractivity contribution is -0.132. The maximum atomic E-state index is 10.7. The van der Waals surface area contributed by atoms with Gasteiger partial charge in [0.2, 0.25) is 0 Å². The van der Waals surface area contributed by atoms with Crippen molar-refractivity contribution in [1.82, 2.24) is 0 Å². The summed E-state index contributed by atoms with van der Waals surface area (Å²) in [7, 11) is -1.67. The molecule has 28 heavy (non-hydrogen) atoms. The van der Waals surface area contributed by atoms with Crippen molar-refractivity contribution < 1.29 is 9.53 Å². The van der Waals surface area contributed by atoms with E-state index in [4.69, 9.17) is 4.43 Å². The quantitative estimate of drug-likeness (QED) is 0.512. The van der Waals surface area contributed by atoms with Crippen LogP contribution in [0, 0.1) is 34.5 Å². The third-order valence-electron chi connectivity index (χ3n) is 10.8. The zero-order valence-corrected chi connectivity index (χ0v) is 20.7. The van der Waals surface area contributed by atoms with Gasteiger partial charge in [-0.1, -0.05) is 34.6 Å². The van der Waals surface area contributed by atoms with Crippen LogP contribution in [0.5, 0.6) is 0 Å². The van der Waals surface area contributed by atoms with Gasteiger partial charge in [0.05, 0.1) is 6.10 Å². The molecular weight excluding hydrogens is 360 g/mol. The summed E-state index contributed by atoms with van der Waals surface area (Å²) in [6.07, 6.45) is 12.1. The van der Waals surface area contributed by atoms with Crippen LogP contribution < -0.4 is 0 Å². The second-order valence-corrected chi connectivity index (χ2v) is 17.8. The highest BCUT2D eigenvalue weighted by molar-refractivity contribution is 6.74. The summed E-state index contributed by atoms with van der Waals surface area (Å²) in [5, 5.41) is 11.0. The maximum Gasteiger partial charge on any atom is 0.192 e. The molecule has 0 spiro atoms. The van der Waals surface area contributed by atoms with E-state index < -0.39 is 8.32 Å². The molecule has 0 heterocycles. The van der Waals surface area contributed by atoms with Gasteiger partial charge >= 0.3 is 0 Å². The Balaban J connectivity index is 1.48. The van der Waals surface area contributed by atoms with E-state index >= 15 is 0 Å². The van der Waals surface area contributed by atoms with E-state index in [1.807, 2.05) is 0 Å². The Morgan fingerprint density at radius 1 is 0.857 bits per heavy atom. The molecule has 4 aliphatic carbocycles. The zero-order valence-electron chi connectivity index (χ0n) is 19.7. The van der Waals surface area contributed by atoms with Crippen molar-refractivity contribution >= 4 is 8.32 Å². The van der Waals surface area contributed by atoms with Crippen molar-refractivity contribution in [2.24, 2.45) is 34.5 Å². The van der Waals surface area contributed by atoms with Crippen LogP contribution in [0.1, 0.15) is 92.4 Å². The number of aliphatic hydroxyl groups is 1. The molecule has 0 aromatic heterocycles. The van der Waals surface area contributed by atoms with E-state index in [1.54, 1.807) is 0 Å². The second kappa shape index (κ2) is 6.82. The van der Waals surface area contributed by atoms with Gasteiger partial charge in [-0.3, -0.25) is 0 Å². The SMILES string of the molecule is CC(C)(C)[Si](C)(C)O[C@H]1CC[C@@]2(C)C(CCC3C2CC[C@@]2(C)C3CC[C@@H]2O)C1. The van der Waals surface area contributed by atoms with Gasteiger partial charge in [0.15, 0.2) is 8.32 Å². The lowest BCUT2D eigenvalue weighted by atomic mass is 9.45. The van der Waals surface area contributed by atoms with Crippen LogP contribution in [-0.2, 0) is 4.43 Å². The molecule has 4 fully saturated rings. The molecular formula is C25H46O2Si. The molecule has 4 saturated carbocycles. The molecule has 0 aromatic rings. The lowest BCUT2D eigenvalue weighted by Gasteiger charge is -2.61. The maximum absolute atomic E-state index is 10.7. The average molecular weight is 407 g/mol. The van der Waals surface area contributed by atoms with E-state index in [9.17, 15) is 5.11 Å². The van der Waals surface area contributed by atoms with Gasteiger partial charge in [0.25, 0.3) is 0 Å². The summed E-state index contributed by atoms with van der Waals surface area (Å²) in [4.78, 5) is 0. The Hall–Kier alpha value is 0.137.